The van der Waals surface area contributed by atoms with E-state index in [4.69, 9.17) is 0 Å². The van der Waals surface area contributed by atoms with Gasteiger partial charge in [-0.1, -0.05) is 12.1 Å². The molecule has 25 heavy (non-hydrogen) atoms. The van der Waals surface area contributed by atoms with Crippen LogP contribution in [0.15, 0.2) is 36.7 Å². The van der Waals surface area contributed by atoms with Crippen molar-refractivity contribution in [2.45, 2.75) is 18.9 Å². The summed E-state index contributed by atoms with van der Waals surface area (Å²) in [4.78, 5) is 32.4. The number of benzene rings is 1. The van der Waals surface area contributed by atoms with Gasteiger partial charge in [0.05, 0.1) is 0 Å². The average Bonchev–Trinajstić information content (AvgIpc) is 3.23. The van der Waals surface area contributed by atoms with E-state index in [1.165, 1.54) is 4.90 Å². The highest BCUT2D eigenvalue weighted by atomic mass is 16.2. The maximum Gasteiger partial charge on any atom is 0.322 e. The quantitative estimate of drug-likeness (QED) is 0.930. The van der Waals surface area contributed by atoms with Gasteiger partial charge < -0.3 is 19.7 Å². The van der Waals surface area contributed by atoms with E-state index in [0.29, 0.717) is 18.7 Å². The Morgan fingerprint density at radius 2 is 2.12 bits per heavy atom. The Balaban J connectivity index is 1.75. The largest absolute Gasteiger partial charge is 0.347 e. The number of carbonyl (C=O) groups is 2. The number of anilines is 1. The molecule has 1 saturated heterocycles. The molecule has 1 aromatic carbocycles. The summed E-state index contributed by atoms with van der Waals surface area (Å²) in [7, 11) is 5.36. The normalized spacial score (nSPS) is 16.8. The zero-order valence-corrected chi connectivity index (χ0v) is 14.8. The molecule has 0 bridgehead atoms. The highest BCUT2D eigenvalue weighted by Gasteiger charge is 2.34. The fraction of sp³-hybridized carbons (Fsp3) is 0.389. The molecule has 7 heteroatoms. The monoisotopic (exact) mass is 341 g/mol. The molecule has 1 atom stereocenters. The van der Waals surface area contributed by atoms with Crippen LogP contribution < -0.4 is 5.32 Å². The number of aromatic nitrogens is 2. The number of hydrogen-bond donors (Lipinski definition) is 1. The molecule has 1 aliphatic heterocycles. The minimum Gasteiger partial charge on any atom is -0.347 e. The fourth-order valence-electron chi connectivity index (χ4n) is 3.14. The fourth-order valence-corrected chi connectivity index (χ4v) is 3.14. The maximum absolute atomic E-state index is 12.6. The Hall–Kier alpha value is -2.83. The number of aryl methyl sites for hydroxylation is 1. The van der Waals surface area contributed by atoms with E-state index in [2.05, 4.69) is 10.3 Å². The number of nitrogens with one attached hydrogen (secondary N) is 1. The first-order valence-electron chi connectivity index (χ1n) is 8.34. The van der Waals surface area contributed by atoms with Gasteiger partial charge in [0.1, 0.15) is 11.9 Å². The molecule has 7 nitrogen and oxygen atoms in total. The number of likely N-dealkylation sites (tertiary alicyclic amines) is 1. The predicted molar refractivity (Wildman–Crippen MR) is 96.1 cm³/mol. The molecule has 3 rings (SSSR count). The number of carbonyl (C=O) groups excluding carboxylic acids is 2. The third-order valence-electron chi connectivity index (χ3n) is 4.43. The molecular formula is C18H23N5O2. The predicted octanol–water partition coefficient (Wildman–Crippen LogP) is 2.17. The van der Waals surface area contributed by atoms with Crippen LogP contribution in [0.1, 0.15) is 12.8 Å². The van der Waals surface area contributed by atoms with Gasteiger partial charge in [-0.2, -0.15) is 0 Å². The van der Waals surface area contributed by atoms with E-state index < -0.39 is 0 Å². The van der Waals surface area contributed by atoms with Crippen molar-refractivity contribution in [2.75, 3.05) is 26.0 Å². The van der Waals surface area contributed by atoms with Crippen molar-refractivity contribution in [2.24, 2.45) is 7.05 Å². The molecule has 1 aliphatic rings. The van der Waals surface area contributed by atoms with Crippen LogP contribution in [-0.4, -0.2) is 58.0 Å². The summed E-state index contributed by atoms with van der Waals surface area (Å²) in [5.41, 5.74) is 1.61. The van der Waals surface area contributed by atoms with Crippen molar-refractivity contribution in [3.05, 3.63) is 36.7 Å². The van der Waals surface area contributed by atoms with Crippen LogP contribution in [0, 0.1) is 0 Å². The first kappa shape index (κ1) is 17.0. The Bertz CT molecular complexity index is 783. The molecule has 1 N–H and O–H groups in total. The van der Waals surface area contributed by atoms with E-state index in [-0.39, 0.29) is 18.0 Å². The van der Waals surface area contributed by atoms with Crippen molar-refractivity contribution in [3.8, 4) is 11.4 Å². The molecule has 1 aromatic heterocycles. The number of imidazole rings is 1. The Kier molecular flexibility index (Phi) is 4.74. The number of amides is 3. The Labute approximate surface area is 147 Å². The van der Waals surface area contributed by atoms with Gasteiger partial charge in [-0.05, 0) is 25.0 Å². The summed E-state index contributed by atoms with van der Waals surface area (Å²) in [5.74, 6) is 0.798. The molecule has 1 fully saturated rings. The van der Waals surface area contributed by atoms with Gasteiger partial charge in [-0.3, -0.25) is 4.79 Å². The van der Waals surface area contributed by atoms with Gasteiger partial charge in [0.25, 0.3) is 0 Å². The summed E-state index contributed by atoms with van der Waals surface area (Å²) < 4.78 is 1.92. The van der Waals surface area contributed by atoms with Gasteiger partial charge in [-0.15, -0.1) is 0 Å². The third-order valence-corrected chi connectivity index (χ3v) is 4.43. The molecule has 2 heterocycles. The molecule has 132 valence electrons. The van der Waals surface area contributed by atoms with Crippen LogP contribution >= 0.6 is 0 Å². The molecule has 3 amide bonds. The minimum atomic E-state index is -0.382. The van der Waals surface area contributed by atoms with Crippen molar-refractivity contribution in [1.29, 1.82) is 0 Å². The lowest BCUT2D eigenvalue weighted by Gasteiger charge is -2.26. The second kappa shape index (κ2) is 6.96. The summed E-state index contributed by atoms with van der Waals surface area (Å²) in [5, 5.41) is 2.91. The molecule has 0 aliphatic carbocycles. The number of rotatable bonds is 3. The second-order valence-corrected chi connectivity index (χ2v) is 6.46. The lowest BCUT2D eigenvalue weighted by molar-refractivity contribution is -0.132. The number of hydrogen-bond acceptors (Lipinski definition) is 3. The molecule has 0 spiro atoms. The van der Waals surface area contributed by atoms with Gasteiger partial charge in [0, 0.05) is 51.3 Å². The molecule has 0 radical (unpaired) electrons. The summed E-state index contributed by atoms with van der Waals surface area (Å²) in [6, 6.07) is 6.93. The van der Waals surface area contributed by atoms with Gasteiger partial charge in [-0.25, -0.2) is 9.78 Å². The van der Waals surface area contributed by atoms with E-state index in [9.17, 15) is 9.59 Å². The van der Waals surface area contributed by atoms with Gasteiger partial charge in [0.2, 0.25) is 5.91 Å². The van der Waals surface area contributed by atoms with Crippen LogP contribution in [0.25, 0.3) is 11.4 Å². The van der Waals surface area contributed by atoms with Crippen molar-refractivity contribution < 1.29 is 9.59 Å². The number of urea groups is 1. The zero-order chi connectivity index (χ0) is 18.0. The number of nitrogens with zero attached hydrogens (tertiary/aromatic N) is 4. The van der Waals surface area contributed by atoms with Gasteiger partial charge in [0.15, 0.2) is 0 Å². The minimum absolute atomic E-state index is 0.0330. The number of likely N-dealkylation sites (N-methyl/N-ethyl adjacent to an activating group) is 1. The van der Waals surface area contributed by atoms with Crippen LogP contribution in [0.5, 0.6) is 0 Å². The van der Waals surface area contributed by atoms with E-state index in [0.717, 1.165) is 17.8 Å². The van der Waals surface area contributed by atoms with Crippen LogP contribution in [0.4, 0.5) is 10.5 Å². The van der Waals surface area contributed by atoms with Crippen LogP contribution in [0.2, 0.25) is 0 Å². The van der Waals surface area contributed by atoms with Crippen LogP contribution in [0.3, 0.4) is 0 Å². The van der Waals surface area contributed by atoms with Gasteiger partial charge >= 0.3 is 6.03 Å². The van der Waals surface area contributed by atoms with E-state index in [1.54, 1.807) is 25.2 Å². The first-order chi connectivity index (χ1) is 12.0. The Morgan fingerprint density at radius 3 is 2.80 bits per heavy atom. The van der Waals surface area contributed by atoms with E-state index >= 15 is 0 Å². The highest BCUT2D eigenvalue weighted by Crippen LogP contribution is 2.23. The average molecular weight is 341 g/mol. The first-order valence-corrected chi connectivity index (χ1v) is 8.34. The van der Waals surface area contributed by atoms with Crippen molar-refractivity contribution in [3.63, 3.8) is 0 Å². The summed E-state index contributed by atoms with van der Waals surface area (Å²) in [6.07, 6.45) is 5.16. The Morgan fingerprint density at radius 1 is 1.32 bits per heavy atom. The summed E-state index contributed by atoms with van der Waals surface area (Å²) >= 11 is 0. The lowest BCUT2D eigenvalue weighted by atomic mass is 10.2. The lowest BCUT2D eigenvalue weighted by Crippen LogP contribution is -2.47. The van der Waals surface area contributed by atoms with Crippen LogP contribution in [-0.2, 0) is 11.8 Å². The maximum atomic E-state index is 12.6. The smallest absolute Gasteiger partial charge is 0.322 e. The molecule has 0 saturated carbocycles. The van der Waals surface area contributed by atoms with E-state index in [1.807, 2.05) is 42.1 Å². The SMILES string of the molecule is CN(C)C(=O)[C@@H]1CCCN1C(=O)Nc1cccc(-c2nccn2C)c1. The summed E-state index contributed by atoms with van der Waals surface area (Å²) in [6.45, 7) is 0.592. The second-order valence-electron chi connectivity index (χ2n) is 6.46. The zero-order valence-electron chi connectivity index (χ0n) is 14.8. The third kappa shape index (κ3) is 3.50. The molecule has 0 unspecified atom stereocenters. The van der Waals surface area contributed by atoms with Crippen molar-refractivity contribution in [1.82, 2.24) is 19.4 Å². The molecule has 2 aromatic rings. The standard InChI is InChI=1S/C18H23N5O2/c1-21(2)17(24)15-8-5-10-23(15)18(25)20-14-7-4-6-13(12-14)16-19-9-11-22(16)3/h4,6-7,9,11-12,15H,5,8,10H2,1-3H3,(H,20,25)/t15-/m0/s1. The van der Waals surface area contributed by atoms with Crippen molar-refractivity contribution >= 4 is 17.6 Å². The highest BCUT2D eigenvalue weighted by molar-refractivity contribution is 5.94. The topological polar surface area (TPSA) is 70.5 Å². The molecular weight excluding hydrogens is 318 g/mol.